The Morgan fingerprint density at radius 1 is 1.06 bits per heavy atom. The first kappa shape index (κ1) is 12.1. The molecule has 0 spiro atoms. The lowest BCUT2D eigenvalue weighted by atomic mass is 10.1. The smallest absolute Gasteiger partial charge is 0.222 e. The normalized spacial score (nSPS) is 10.5. The molecule has 0 unspecified atom stereocenters. The summed E-state index contributed by atoms with van der Waals surface area (Å²) < 4.78 is 12.7. The van der Waals surface area contributed by atoms with Gasteiger partial charge in [-0.05, 0) is 17.7 Å². The summed E-state index contributed by atoms with van der Waals surface area (Å²) in [6.07, 6.45) is 0.429. The highest BCUT2D eigenvalue weighted by atomic mass is 35.5. The number of nitrogens with zero attached hydrogens (tertiary/aromatic N) is 2. The van der Waals surface area contributed by atoms with Gasteiger partial charge in [0.2, 0.25) is 5.95 Å². The molecular weight excluding hydrogens is 264 g/mol. The average Bonchev–Trinajstić information content (AvgIpc) is 2.26. The van der Waals surface area contributed by atoms with Gasteiger partial charge in [-0.2, -0.15) is 0 Å². The lowest BCUT2D eigenvalue weighted by Gasteiger charge is -2.06. The van der Waals surface area contributed by atoms with E-state index in [0.29, 0.717) is 12.0 Å². The molecule has 1 aromatic heterocycles. The van der Waals surface area contributed by atoms with Crippen LogP contribution >= 0.6 is 23.2 Å². The highest BCUT2D eigenvalue weighted by Gasteiger charge is 2.11. The Bertz CT molecular complexity index is 520. The van der Waals surface area contributed by atoms with Crippen molar-refractivity contribution < 1.29 is 4.39 Å². The molecule has 0 atom stereocenters. The number of anilines is 1. The standard InChI is InChI=1S/C11H8Cl2FN3/c12-9-8(10(13)17-11(15)16-9)5-6-1-3-7(14)4-2-6/h1-4H,5H2,(H2,15,16,17). The van der Waals surface area contributed by atoms with Crippen LogP contribution in [-0.2, 0) is 6.42 Å². The number of nitrogen functional groups attached to an aromatic ring is 1. The van der Waals surface area contributed by atoms with E-state index in [0.717, 1.165) is 5.56 Å². The van der Waals surface area contributed by atoms with Crippen LogP contribution in [0.2, 0.25) is 10.3 Å². The summed E-state index contributed by atoms with van der Waals surface area (Å²) in [6, 6.07) is 6.04. The fraction of sp³-hybridized carbons (Fsp3) is 0.0909. The Labute approximate surface area is 107 Å². The monoisotopic (exact) mass is 271 g/mol. The van der Waals surface area contributed by atoms with Crippen molar-refractivity contribution in [2.45, 2.75) is 6.42 Å². The molecule has 0 fully saturated rings. The first-order valence-electron chi connectivity index (χ1n) is 4.78. The van der Waals surface area contributed by atoms with Crippen LogP contribution in [0, 0.1) is 5.82 Å². The molecule has 6 heteroatoms. The number of hydrogen-bond donors (Lipinski definition) is 1. The number of benzene rings is 1. The maximum Gasteiger partial charge on any atom is 0.222 e. The SMILES string of the molecule is Nc1nc(Cl)c(Cc2ccc(F)cc2)c(Cl)n1. The zero-order valence-electron chi connectivity index (χ0n) is 8.62. The minimum atomic E-state index is -0.292. The van der Waals surface area contributed by atoms with Crippen molar-refractivity contribution >= 4 is 29.2 Å². The zero-order valence-corrected chi connectivity index (χ0v) is 10.1. The molecule has 1 aromatic carbocycles. The summed E-state index contributed by atoms with van der Waals surface area (Å²) in [5.41, 5.74) is 6.84. The van der Waals surface area contributed by atoms with E-state index in [1.54, 1.807) is 12.1 Å². The number of halogens is 3. The highest BCUT2D eigenvalue weighted by Crippen LogP contribution is 2.24. The van der Waals surface area contributed by atoms with Crippen LogP contribution in [-0.4, -0.2) is 9.97 Å². The lowest BCUT2D eigenvalue weighted by Crippen LogP contribution is -2.01. The van der Waals surface area contributed by atoms with E-state index >= 15 is 0 Å². The molecular formula is C11H8Cl2FN3. The van der Waals surface area contributed by atoms with E-state index in [1.165, 1.54) is 12.1 Å². The van der Waals surface area contributed by atoms with Gasteiger partial charge in [0, 0.05) is 12.0 Å². The maximum absolute atomic E-state index is 12.7. The number of nitrogens with two attached hydrogens (primary N) is 1. The second kappa shape index (κ2) is 4.85. The lowest BCUT2D eigenvalue weighted by molar-refractivity contribution is 0.627. The van der Waals surface area contributed by atoms with Crippen molar-refractivity contribution in [1.82, 2.24) is 9.97 Å². The zero-order chi connectivity index (χ0) is 12.4. The fourth-order valence-corrected chi connectivity index (χ4v) is 1.93. The Kier molecular flexibility index (Phi) is 3.45. The molecule has 0 saturated carbocycles. The van der Waals surface area contributed by atoms with Crippen LogP contribution in [0.1, 0.15) is 11.1 Å². The summed E-state index contributed by atoms with van der Waals surface area (Å²) in [5.74, 6) is -0.262. The quantitative estimate of drug-likeness (QED) is 0.854. The third kappa shape index (κ3) is 2.84. The molecule has 88 valence electrons. The third-order valence-corrected chi connectivity index (χ3v) is 2.84. The summed E-state index contributed by atoms with van der Waals surface area (Å²) in [6.45, 7) is 0. The number of hydrogen-bond acceptors (Lipinski definition) is 3. The summed E-state index contributed by atoms with van der Waals surface area (Å²) in [7, 11) is 0. The fourth-order valence-electron chi connectivity index (χ4n) is 1.40. The molecule has 0 aliphatic carbocycles. The van der Waals surface area contributed by atoms with Gasteiger partial charge in [-0.25, -0.2) is 14.4 Å². The predicted octanol–water partition coefficient (Wildman–Crippen LogP) is 3.10. The van der Waals surface area contributed by atoms with Gasteiger partial charge in [0.05, 0.1) is 0 Å². The Hall–Kier alpha value is -1.39. The molecule has 0 aliphatic rings. The molecule has 2 rings (SSSR count). The summed E-state index contributed by atoms with van der Waals surface area (Å²) >= 11 is 11.9. The van der Waals surface area contributed by atoms with Gasteiger partial charge in [0.25, 0.3) is 0 Å². The average molecular weight is 272 g/mol. The molecule has 0 amide bonds. The number of rotatable bonds is 2. The van der Waals surface area contributed by atoms with Crippen LogP contribution in [0.4, 0.5) is 10.3 Å². The van der Waals surface area contributed by atoms with Crippen molar-refractivity contribution in [3.8, 4) is 0 Å². The molecule has 0 saturated heterocycles. The van der Waals surface area contributed by atoms with Crippen LogP contribution < -0.4 is 5.73 Å². The highest BCUT2D eigenvalue weighted by molar-refractivity contribution is 6.34. The van der Waals surface area contributed by atoms with Gasteiger partial charge >= 0.3 is 0 Å². The second-order valence-electron chi connectivity index (χ2n) is 3.45. The van der Waals surface area contributed by atoms with E-state index in [2.05, 4.69) is 9.97 Å². The van der Waals surface area contributed by atoms with Crippen molar-refractivity contribution in [3.63, 3.8) is 0 Å². The van der Waals surface area contributed by atoms with Crippen LogP contribution in [0.15, 0.2) is 24.3 Å². The Balaban J connectivity index is 2.33. The van der Waals surface area contributed by atoms with E-state index in [9.17, 15) is 4.39 Å². The first-order valence-corrected chi connectivity index (χ1v) is 5.53. The molecule has 0 bridgehead atoms. The van der Waals surface area contributed by atoms with Crippen molar-refractivity contribution in [2.24, 2.45) is 0 Å². The van der Waals surface area contributed by atoms with E-state index < -0.39 is 0 Å². The predicted molar refractivity (Wildman–Crippen MR) is 65.7 cm³/mol. The van der Waals surface area contributed by atoms with Gasteiger partial charge in [0.15, 0.2) is 0 Å². The van der Waals surface area contributed by atoms with Gasteiger partial charge in [-0.15, -0.1) is 0 Å². The van der Waals surface area contributed by atoms with E-state index in [-0.39, 0.29) is 22.1 Å². The molecule has 0 aliphatic heterocycles. The number of aromatic nitrogens is 2. The van der Waals surface area contributed by atoms with Crippen molar-refractivity contribution in [3.05, 3.63) is 51.5 Å². The van der Waals surface area contributed by atoms with Gasteiger partial charge in [-0.3, -0.25) is 0 Å². The summed E-state index contributed by atoms with van der Waals surface area (Å²) in [4.78, 5) is 7.64. The van der Waals surface area contributed by atoms with Crippen molar-refractivity contribution in [1.29, 1.82) is 0 Å². The molecule has 3 nitrogen and oxygen atoms in total. The van der Waals surface area contributed by atoms with Crippen LogP contribution in [0.3, 0.4) is 0 Å². The minimum Gasteiger partial charge on any atom is -0.368 e. The molecule has 2 aromatic rings. The van der Waals surface area contributed by atoms with Crippen LogP contribution in [0.5, 0.6) is 0 Å². The van der Waals surface area contributed by atoms with Gasteiger partial charge < -0.3 is 5.73 Å². The Morgan fingerprint density at radius 3 is 2.12 bits per heavy atom. The molecule has 2 N–H and O–H groups in total. The van der Waals surface area contributed by atoms with Gasteiger partial charge in [0.1, 0.15) is 16.1 Å². The molecule has 0 radical (unpaired) electrons. The van der Waals surface area contributed by atoms with Gasteiger partial charge in [-0.1, -0.05) is 35.3 Å². The topological polar surface area (TPSA) is 51.8 Å². The third-order valence-electron chi connectivity index (χ3n) is 2.22. The van der Waals surface area contributed by atoms with E-state index in [4.69, 9.17) is 28.9 Å². The van der Waals surface area contributed by atoms with E-state index in [1.807, 2.05) is 0 Å². The minimum absolute atomic E-state index is 0.0304. The maximum atomic E-state index is 12.7. The summed E-state index contributed by atoms with van der Waals surface area (Å²) in [5, 5.41) is 0.429. The first-order chi connectivity index (χ1) is 8.06. The molecule has 1 heterocycles. The largest absolute Gasteiger partial charge is 0.368 e. The van der Waals surface area contributed by atoms with Crippen molar-refractivity contribution in [2.75, 3.05) is 5.73 Å². The second-order valence-corrected chi connectivity index (χ2v) is 4.16. The Morgan fingerprint density at radius 2 is 1.59 bits per heavy atom. The van der Waals surface area contributed by atoms with Crippen LogP contribution in [0.25, 0.3) is 0 Å². The molecule has 17 heavy (non-hydrogen) atoms.